The van der Waals surface area contributed by atoms with E-state index in [1.807, 2.05) is 32.0 Å². The second-order valence-corrected chi connectivity index (χ2v) is 5.30. The fourth-order valence-corrected chi connectivity index (χ4v) is 2.36. The van der Waals surface area contributed by atoms with Gasteiger partial charge in [0.2, 0.25) is 0 Å². The third kappa shape index (κ3) is 2.81. The van der Waals surface area contributed by atoms with Crippen molar-refractivity contribution in [3.05, 3.63) is 28.2 Å². The minimum absolute atomic E-state index is 0.0263. The molecule has 1 aliphatic carbocycles. The van der Waals surface area contributed by atoms with E-state index >= 15 is 0 Å². The average Bonchev–Trinajstić information content (AvgIpc) is 2.30. The smallest absolute Gasteiger partial charge is 0.128 e. The van der Waals surface area contributed by atoms with Crippen molar-refractivity contribution in [1.29, 1.82) is 0 Å². The molecule has 1 saturated carbocycles. The lowest BCUT2D eigenvalue weighted by atomic mass is 9.86. The van der Waals surface area contributed by atoms with Gasteiger partial charge in [-0.3, -0.25) is 0 Å². The molecule has 3 atom stereocenters. The van der Waals surface area contributed by atoms with Crippen LogP contribution in [0.3, 0.4) is 0 Å². The van der Waals surface area contributed by atoms with Crippen molar-refractivity contribution in [3.63, 3.8) is 0 Å². The molecule has 94 valence electrons. The highest BCUT2D eigenvalue weighted by molar-refractivity contribution is 9.10. The Morgan fingerprint density at radius 2 is 2.24 bits per heavy atom. The monoisotopic (exact) mass is 299 g/mol. The van der Waals surface area contributed by atoms with Gasteiger partial charge in [0.05, 0.1) is 0 Å². The van der Waals surface area contributed by atoms with Crippen LogP contribution in [0.15, 0.2) is 22.7 Å². The zero-order valence-corrected chi connectivity index (χ0v) is 11.7. The molecule has 1 aromatic rings. The second-order valence-electron chi connectivity index (χ2n) is 4.39. The van der Waals surface area contributed by atoms with Crippen LogP contribution < -0.4 is 10.5 Å². The first-order chi connectivity index (χ1) is 8.11. The number of nitrogens with two attached hydrogens (primary N) is 1. The summed E-state index contributed by atoms with van der Waals surface area (Å²) in [6.45, 7) is 4.69. The highest BCUT2D eigenvalue weighted by Gasteiger charge is 2.41. The van der Waals surface area contributed by atoms with Gasteiger partial charge in [-0.05, 0) is 31.5 Å². The van der Waals surface area contributed by atoms with Gasteiger partial charge in [0.15, 0.2) is 0 Å². The summed E-state index contributed by atoms with van der Waals surface area (Å²) in [5, 5.41) is 0. The molecule has 0 aromatic heterocycles. The number of halogens is 1. The van der Waals surface area contributed by atoms with Crippen LogP contribution in [-0.4, -0.2) is 24.9 Å². The average molecular weight is 300 g/mol. The van der Waals surface area contributed by atoms with Crippen molar-refractivity contribution in [2.24, 2.45) is 5.73 Å². The van der Waals surface area contributed by atoms with Gasteiger partial charge in [-0.1, -0.05) is 22.0 Å². The molecule has 2 rings (SSSR count). The van der Waals surface area contributed by atoms with Crippen molar-refractivity contribution < 1.29 is 9.47 Å². The van der Waals surface area contributed by atoms with Crippen molar-refractivity contribution in [2.75, 3.05) is 6.61 Å². The number of rotatable bonds is 4. The summed E-state index contributed by atoms with van der Waals surface area (Å²) in [5.41, 5.74) is 7.04. The number of benzene rings is 1. The molecule has 2 N–H and O–H groups in total. The third-order valence-electron chi connectivity index (χ3n) is 3.08. The van der Waals surface area contributed by atoms with Crippen LogP contribution in [0.5, 0.6) is 5.75 Å². The van der Waals surface area contributed by atoms with Crippen LogP contribution in [0.2, 0.25) is 0 Å². The lowest BCUT2D eigenvalue weighted by molar-refractivity contribution is -0.0947. The van der Waals surface area contributed by atoms with Crippen molar-refractivity contribution in [1.82, 2.24) is 0 Å². The fourth-order valence-electron chi connectivity index (χ4n) is 2.02. The van der Waals surface area contributed by atoms with Crippen LogP contribution in [0, 0.1) is 6.92 Å². The Morgan fingerprint density at radius 1 is 1.47 bits per heavy atom. The standard InChI is InChI=1S/C13H18BrNO2/c1-3-16-13-10(15)7-12(13)17-11-6-9(14)5-4-8(11)2/h4-6,10,12-13H,3,7,15H2,1-2H3. The van der Waals surface area contributed by atoms with Gasteiger partial charge in [0.25, 0.3) is 0 Å². The molecule has 1 aromatic carbocycles. The van der Waals surface area contributed by atoms with Crippen molar-refractivity contribution in [2.45, 2.75) is 38.5 Å². The van der Waals surface area contributed by atoms with Crippen LogP contribution >= 0.6 is 15.9 Å². The lowest BCUT2D eigenvalue weighted by Gasteiger charge is -2.41. The quantitative estimate of drug-likeness (QED) is 0.929. The minimum atomic E-state index is 0.0263. The molecule has 3 unspecified atom stereocenters. The predicted octanol–water partition coefficient (Wildman–Crippen LogP) is 2.64. The minimum Gasteiger partial charge on any atom is -0.487 e. The molecule has 0 radical (unpaired) electrons. The summed E-state index contributed by atoms with van der Waals surface area (Å²) in [6.07, 6.45) is 0.965. The van der Waals surface area contributed by atoms with Gasteiger partial charge in [-0.25, -0.2) is 0 Å². The molecule has 0 heterocycles. The summed E-state index contributed by atoms with van der Waals surface area (Å²) < 4.78 is 12.6. The lowest BCUT2D eigenvalue weighted by Crippen LogP contribution is -2.59. The van der Waals surface area contributed by atoms with E-state index in [0.717, 1.165) is 22.2 Å². The van der Waals surface area contributed by atoms with Crippen LogP contribution in [0.1, 0.15) is 18.9 Å². The molecule has 0 aliphatic heterocycles. The molecule has 0 saturated heterocycles. The molecule has 3 nitrogen and oxygen atoms in total. The third-order valence-corrected chi connectivity index (χ3v) is 3.57. The topological polar surface area (TPSA) is 44.5 Å². The Balaban J connectivity index is 2.03. The molecule has 0 spiro atoms. The Morgan fingerprint density at radius 3 is 2.88 bits per heavy atom. The van der Waals surface area contributed by atoms with Crippen LogP contribution in [0.25, 0.3) is 0 Å². The maximum absolute atomic E-state index is 5.96. The summed E-state index contributed by atoms with van der Waals surface area (Å²) in [5.74, 6) is 0.904. The number of hydrogen-bond donors (Lipinski definition) is 1. The van der Waals surface area contributed by atoms with E-state index in [9.17, 15) is 0 Å². The number of ether oxygens (including phenoxy) is 2. The van der Waals surface area contributed by atoms with E-state index < -0.39 is 0 Å². The van der Waals surface area contributed by atoms with Crippen LogP contribution in [0.4, 0.5) is 0 Å². The Kier molecular flexibility index (Phi) is 4.07. The van der Waals surface area contributed by atoms with E-state index in [1.165, 1.54) is 0 Å². The van der Waals surface area contributed by atoms with Gasteiger partial charge in [0, 0.05) is 23.5 Å². The fraction of sp³-hybridized carbons (Fsp3) is 0.538. The maximum Gasteiger partial charge on any atom is 0.128 e. The van der Waals surface area contributed by atoms with E-state index in [4.69, 9.17) is 15.2 Å². The highest BCUT2D eigenvalue weighted by Crippen LogP contribution is 2.31. The van der Waals surface area contributed by atoms with Gasteiger partial charge in [-0.15, -0.1) is 0 Å². The first-order valence-corrected chi connectivity index (χ1v) is 6.71. The number of hydrogen-bond acceptors (Lipinski definition) is 3. The summed E-state index contributed by atoms with van der Waals surface area (Å²) in [7, 11) is 0. The van der Waals surface area contributed by atoms with Crippen LogP contribution in [-0.2, 0) is 4.74 Å². The molecule has 0 bridgehead atoms. The maximum atomic E-state index is 5.96. The summed E-state index contributed by atoms with van der Waals surface area (Å²) in [6, 6.07) is 6.14. The number of aryl methyl sites for hydroxylation is 1. The predicted molar refractivity (Wildman–Crippen MR) is 71.3 cm³/mol. The van der Waals surface area contributed by atoms with Gasteiger partial charge >= 0.3 is 0 Å². The Hall–Kier alpha value is -0.580. The first kappa shape index (κ1) is 12.9. The summed E-state index contributed by atoms with van der Waals surface area (Å²) in [4.78, 5) is 0. The van der Waals surface area contributed by atoms with E-state index in [1.54, 1.807) is 0 Å². The van der Waals surface area contributed by atoms with E-state index in [-0.39, 0.29) is 18.2 Å². The van der Waals surface area contributed by atoms with Gasteiger partial charge in [0.1, 0.15) is 18.0 Å². The van der Waals surface area contributed by atoms with Crippen molar-refractivity contribution >= 4 is 15.9 Å². The molecule has 17 heavy (non-hydrogen) atoms. The second kappa shape index (κ2) is 5.38. The van der Waals surface area contributed by atoms with E-state index in [2.05, 4.69) is 15.9 Å². The molecule has 1 aliphatic rings. The zero-order valence-electron chi connectivity index (χ0n) is 10.2. The van der Waals surface area contributed by atoms with Crippen molar-refractivity contribution in [3.8, 4) is 5.75 Å². The zero-order chi connectivity index (χ0) is 12.4. The Bertz CT molecular complexity index is 397. The molecular formula is C13H18BrNO2. The van der Waals surface area contributed by atoms with E-state index in [0.29, 0.717) is 6.61 Å². The summed E-state index contributed by atoms with van der Waals surface area (Å²) >= 11 is 3.45. The highest BCUT2D eigenvalue weighted by atomic mass is 79.9. The molecule has 0 amide bonds. The molecular weight excluding hydrogens is 282 g/mol. The Labute approximate surface area is 110 Å². The first-order valence-electron chi connectivity index (χ1n) is 5.91. The van der Waals surface area contributed by atoms with Gasteiger partial charge < -0.3 is 15.2 Å². The largest absolute Gasteiger partial charge is 0.487 e. The molecule has 4 heteroatoms. The molecule has 1 fully saturated rings. The van der Waals surface area contributed by atoms with Gasteiger partial charge in [-0.2, -0.15) is 0 Å². The normalized spacial score (nSPS) is 27.6. The SMILES string of the molecule is CCOC1C(N)CC1Oc1cc(Br)ccc1C.